The molecular weight excluding hydrogens is 274 g/mol. The maximum absolute atomic E-state index is 9.13. The highest BCUT2D eigenvalue weighted by Gasteiger charge is 2.12. The zero-order valence-electron chi connectivity index (χ0n) is 10.7. The predicted octanol–water partition coefficient (Wildman–Crippen LogP) is 2.55. The standard InChI is InChI=1S/C14H10ClN5/c1-9-17-7-10(8-18-9)4-12-13-5-11(15)2-3-20(13)14(6-16)19-12/h2-3,5,7-8H,4H2,1H3. The lowest BCUT2D eigenvalue weighted by Crippen LogP contribution is -1.94. The number of hydrogen-bond acceptors (Lipinski definition) is 4. The van der Waals surface area contributed by atoms with E-state index in [1.54, 1.807) is 35.1 Å². The molecule has 0 radical (unpaired) electrons. The van der Waals surface area contributed by atoms with Crippen LogP contribution in [0.15, 0.2) is 30.7 Å². The van der Waals surface area contributed by atoms with E-state index in [1.165, 1.54) is 0 Å². The molecule has 0 saturated carbocycles. The van der Waals surface area contributed by atoms with Crippen molar-refractivity contribution in [3.63, 3.8) is 0 Å². The fourth-order valence-corrected chi connectivity index (χ4v) is 2.19. The van der Waals surface area contributed by atoms with Crippen molar-refractivity contribution in [1.29, 1.82) is 5.26 Å². The molecule has 3 aromatic rings. The van der Waals surface area contributed by atoms with Crippen molar-refractivity contribution in [2.24, 2.45) is 0 Å². The van der Waals surface area contributed by atoms with E-state index in [1.807, 2.05) is 6.92 Å². The van der Waals surface area contributed by atoms with Crippen LogP contribution in [0, 0.1) is 18.3 Å². The van der Waals surface area contributed by atoms with Gasteiger partial charge >= 0.3 is 0 Å². The third-order valence-corrected chi connectivity index (χ3v) is 3.22. The number of pyridine rings is 1. The molecule has 0 spiro atoms. The Morgan fingerprint density at radius 1 is 1.35 bits per heavy atom. The second-order valence-corrected chi connectivity index (χ2v) is 4.85. The number of fused-ring (bicyclic) bond motifs is 1. The first-order chi connectivity index (χ1) is 9.67. The molecule has 98 valence electrons. The van der Waals surface area contributed by atoms with Gasteiger partial charge in [-0.1, -0.05) is 11.6 Å². The molecule has 6 heteroatoms. The highest BCUT2D eigenvalue weighted by molar-refractivity contribution is 6.30. The Morgan fingerprint density at radius 3 is 2.80 bits per heavy atom. The van der Waals surface area contributed by atoms with Gasteiger partial charge in [0, 0.05) is 30.0 Å². The number of rotatable bonds is 2. The molecule has 3 rings (SSSR count). The van der Waals surface area contributed by atoms with E-state index in [2.05, 4.69) is 21.0 Å². The van der Waals surface area contributed by atoms with Crippen molar-refractivity contribution in [1.82, 2.24) is 19.4 Å². The van der Waals surface area contributed by atoms with Crippen molar-refractivity contribution >= 4 is 17.1 Å². The Bertz CT molecular complexity index is 814. The van der Waals surface area contributed by atoms with Crippen LogP contribution in [0.4, 0.5) is 0 Å². The Kier molecular flexibility index (Phi) is 3.09. The number of halogens is 1. The van der Waals surface area contributed by atoms with Crippen LogP contribution < -0.4 is 0 Å². The van der Waals surface area contributed by atoms with E-state index in [0.717, 1.165) is 22.6 Å². The minimum atomic E-state index is 0.347. The lowest BCUT2D eigenvalue weighted by molar-refractivity contribution is 0.991. The van der Waals surface area contributed by atoms with E-state index >= 15 is 0 Å². The maximum atomic E-state index is 9.13. The maximum Gasteiger partial charge on any atom is 0.217 e. The van der Waals surface area contributed by atoms with Gasteiger partial charge in [0.2, 0.25) is 5.82 Å². The molecule has 0 bridgehead atoms. The molecule has 0 aliphatic carbocycles. The zero-order chi connectivity index (χ0) is 14.1. The van der Waals surface area contributed by atoms with E-state index in [-0.39, 0.29) is 0 Å². The van der Waals surface area contributed by atoms with Crippen LogP contribution in [0.5, 0.6) is 0 Å². The van der Waals surface area contributed by atoms with Gasteiger partial charge in [-0.2, -0.15) is 5.26 Å². The smallest absolute Gasteiger partial charge is 0.217 e. The van der Waals surface area contributed by atoms with Gasteiger partial charge in [-0.05, 0) is 24.6 Å². The average molecular weight is 284 g/mol. The number of imidazole rings is 1. The molecule has 0 fully saturated rings. The Morgan fingerprint density at radius 2 is 2.10 bits per heavy atom. The van der Waals surface area contributed by atoms with Crippen molar-refractivity contribution in [2.45, 2.75) is 13.3 Å². The zero-order valence-corrected chi connectivity index (χ0v) is 11.5. The molecule has 0 unspecified atom stereocenters. The summed E-state index contributed by atoms with van der Waals surface area (Å²) in [7, 11) is 0. The number of hydrogen-bond donors (Lipinski definition) is 0. The van der Waals surface area contributed by atoms with Crippen LogP contribution in [0.1, 0.15) is 22.9 Å². The van der Waals surface area contributed by atoms with Crippen LogP contribution in [0.3, 0.4) is 0 Å². The van der Waals surface area contributed by atoms with Crippen LogP contribution in [-0.2, 0) is 6.42 Å². The molecule has 20 heavy (non-hydrogen) atoms. The van der Waals surface area contributed by atoms with Crippen molar-refractivity contribution in [3.05, 3.63) is 58.7 Å². The average Bonchev–Trinajstić information content (AvgIpc) is 2.79. The highest BCUT2D eigenvalue weighted by Crippen LogP contribution is 2.20. The van der Waals surface area contributed by atoms with Gasteiger partial charge in [0.15, 0.2) is 0 Å². The SMILES string of the molecule is Cc1ncc(Cc2nc(C#N)n3ccc(Cl)cc23)cn1. The van der Waals surface area contributed by atoms with Gasteiger partial charge in [0.1, 0.15) is 11.9 Å². The first kappa shape index (κ1) is 12.6. The van der Waals surface area contributed by atoms with Crippen LogP contribution in [0.25, 0.3) is 5.52 Å². The van der Waals surface area contributed by atoms with Gasteiger partial charge in [-0.3, -0.25) is 4.40 Å². The second-order valence-electron chi connectivity index (χ2n) is 4.41. The van der Waals surface area contributed by atoms with Crippen LogP contribution in [-0.4, -0.2) is 19.4 Å². The topological polar surface area (TPSA) is 66.9 Å². The van der Waals surface area contributed by atoms with Crippen molar-refractivity contribution in [3.8, 4) is 6.07 Å². The molecule has 3 aromatic heterocycles. The Balaban J connectivity index is 2.09. The molecule has 0 aliphatic heterocycles. The Labute approximate surface area is 120 Å². The first-order valence-electron chi connectivity index (χ1n) is 6.01. The van der Waals surface area contributed by atoms with Crippen molar-refractivity contribution in [2.75, 3.05) is 0 Å². The summed E-state index contributed by atoms with van der Waals surface area (Å²) in [5.41, 5.74) is 2.56. The number of aryl methyl sites for hydroxylation is 1. The molecule has 0 N–H and O–H groups in total. The second kappa shape index (κ2) is 4.91. The van der Waals surface area contributed by atoms with E-state index in [0.29, 0.717) is 17.3 Å². The molecule has 0 atom stereocenters. The number of aromatic nitrogens is 4. The fraction of sp³-hybridized carbons (Fsp3) is 0.143. The highest BCUT2D eigenvalue weighted by atomic mass is 35.5. The summed E-state index contributed by atoms with van der Waals surface area (Å²) in [6.45, 7) is 1.84. The molecule has 0 aromatic carbocycles. The van der Waals surface area contributed by atoms with E-state index < -0.39 is 0 Å². The van der Waals surface area contributed by atoms with Gasteiger partial charge < -0.3 is 0 Å². The quantitative estimate of drug-likeness (QED) is 0.725. The normalized spacial score (nSPS) is 10.7. The molecule has 0 aliphatic rings. The summed E-state index contributed by atoms with van der Waals surface area (Å²) in [5.74, 6) is 1.07. The first-order valence-corrected chi connectivity index (χ1v) is 6.39. The summed E-state index contributed by atoms with van der Waals surface area (Å²) < 4.78 is 1.73. The number of nitrogens with zero attached hydrogens (tertiary/aromatic N) is 5. The van der Waals surface area contributed by atoms with Gasteiger partial charge in [-0.25, -0.2) is 15.0 Å². The lowest BCUT2D eigenvalue weighted by Gasteiger charge is -2.00. The van der Waals surface area contributed by atoms with Crippen LogP contribution >= 0.6 is 11.6 Å². The molecule has 5 nitrogen and oxygen atoms in total. The summed E-state index contributed by atoms with van der Waals surface area (Å²) in [4.78, 5) is 12.7. The van der Waals surface area contributed by atoms with E-state index in [9.17, 15) is 0 Å². The predicted molar refractivity (Wildman–Crippen MR) is 74.5 cm³/mol. The molecule has 0 saturated heterocycles. The van der Waals surface area contributed by atoms with Crippen molar-refractivity contribution < 1.29 is 0 Å². The fourth-order valence-electron chi connectivity index (χ4n) is 2.03. The number of nitriles is 1. The third kappa shape index (κ3) is 2.22. The van der Waals surface area contributed by atoms with Gasteiger partial charge in [0.25, 0.3) is 0 Å². The summed E-state index contributed by atoms with van der Waals surface area (Å²) >= 11 is 6.02. The van der Waals surface area contributed by atoms with Crippen LogP contribution in [0.2, 0.25) is 5.02 Å². The minimum absolute atomic E-state index is 0.347. The van der Waals surface area contributed by atoms with E-state index in [4.69, 9.17) is 16.9 Å². The molecule has 3 heterocycles. The largest absolute Gasteiger partial charge is 0.291 e. The monoisotopic (exact) mass is 283 g/mol. The van der Waals surface area contributed by atoms with Gasteiger partial charge in [0.05, 0.1) is 11.2 Å². The summed E-state index contributed by atoms with van der Waals surface area (Å²) in [5, 5.41) is 9.74. The molecular formula is C14H10ClN5. The summed E-state index contributed by atoms with van der Waals surface area (Å²) in [6, 6.07) is 5.62. The third-order valence-electron chi connectivity index (χ3n) is 2.99. The van der Waals surface area contributed by atoms with Gasteiger partial charge in [-0.15, -0.1) is 0 Å². The summed E-state index contributed by atoms with van der Waals surface area (Å²) in [6.07, 6.45) is 5.85. The minimum Gasteiger partial charge on any atom is -0.291 e. The molecule has 0 amide bonds. The Hall–Kier alpha value is -2.45. The lowest BCUT2D eigenvalue weighted by atomic mass is 10.2.